The van der Waals surface area contributed by atoms with Gasteiger partial charge >= 0.3 is 18.2 Å². The quantitative estimate of drug-likeness (QED) is 0.841. The molecule has 0 aliphatic carbocycles. The monoisotopic (exact) mass is 310 g/mol. The van der Waals surface area contributed by atoms with Gasteiger partial charge in [-0.1, -0.05) is 20.8 Å². The Morgan fingerprint density at radius 1 is 1.29 bits per heavy atom. The Balaban J connectivity index is 2.64. The number of urea groups is 1. The second kappa shape index (κ2) is 5.73. The molecule has 2 amide bonds. The van der Waals surface area contributed by atoms with Crippen LogP contribution in [0.1, 0.15) is 33.6 Å². The van der Waals surface area contributed by atoms with Gasteiger partial charge < -0.3 is 15.3 Å². The molecule has 21 heavy (non-hydrogen) atoms. The van der Waals surface area contributed by atoms with E-state index in [1.54, 1.807) is 0 Å². The molecule has 0 spiro atoms. The third-order valence-electron chi connectivity index (χ3n) is 3.66. The fourth-order valence-electron chi connectivity index (χ4n) is 2.17. The van der Waals surface area contributed by atoms with Gasteiger partial charge in [0.25, 0.3) is 0 Å². The minimum absolute atomic E-state index is 0.00488. The number of rotatable bonds is 3. The van der Waals surface area contributed by atoms with Crippen molar-refractivity contribution in [2.24, 2.45) is 10.8 Å². The first kappa shape index (κ1) is 17.6. The zero-order valence-electron chi connectivity index (χ0n) is 12.4. The van der Waals surface area contributed by atoms with Gasteiger partial charge in [0.1, 0.15) is 0 Å². The molecule has 1 saturated heterocycles. The summed E-state index contributed by atoms with van der Waals surface area (Å²) in [6, 6.07) is -0.647. The van der Waals surface area contributed by atoms with Crippen LogP contribution in [-0.4, -0.2) is 47.8 Å². The smallest absolute Gasteiger partial charge is 0.406 e. The van der Waals surface area contributed by atoms with Gasteiger partial charge in [0, 0.05) is 19.6 Å². The molecule has 1 fully saturated rings. The predicted molar refractivity (Wildman–Crippen MR) is 69.8 cm³/mol. The molecule has 122 valence electrons. The first-order valence-corrected chi connectivity index (χ1v) is 6.72. The molecule has 1 rings (SSSR count). The summed E-state index contributed by atoms with van der Waals surface area (Å²) in [6.45, 7) is 5.22. The maximum absolute atomic E-state index is 13.0. The maximum atomic E-state index is 13.0. The van der Waals surface area contributed by atoms with Crippen molar-refractivity contribution >= 4 is 12.0 Å². The number of nitrogens with one attached hydrogen (secondary N) is 1. The van der Waals surface area contributed by atoms with Crippen molar-refractivity contribution in [3.05, 3.63) is 0 Å². The lowest BCUT2D eigenvalue weighted by molar-refractivity contribution is -0.226. The van der Waals surface area contributed by atoms with Crippen LogP contribution in [0.2, 0.25) is 0 Å². The summed E-state index contributed by atoms with van der Waals surface area (Å²) in [6.07, 6.45) is -4.81. The number of aliphatic carboxylic acids is 1. The van der Waals surface area contributed by atoms with Crippen LogP contribution in [0.3, 0.4) is 0 Å². The molecule has 1 aliphatic heterocycles. The van der Waals surface area contributed by atoms with Gasteiger partial charge in [-0.3, -0.25) is 4.79 Å². The first-order valence-electron chi connectivity index (χ1n) is 6.72. The van der Waals surface area contributed by atoms with E-state index in [0.29, 0.717) is 13.0 Å². The molecule has 5 nitrogen and oxygen atoms in total. The van der Waals surface area contributed by atoms with Crippen LogP contribution in [0.5, 0.6) is 0 Å². The summed E-state index contributed by atoms with van der Waals surface area (Å²) in [4.78, 5) is 23.7. The molecule has 2 N–H and O–H groups in total. The molecule has 8 heteroatoms. The summed E-state index contributed by atoms with van der Waals surface area (Å²) in [5.41, 5.74) is -2.86. The molecule has 0 bridgehead atoms. The molecule has 1 unspecified atom stereocenters. The second-order valence-electron chi connectivity index (χ2n) is 6.60. The molecule has 1 aliphatic rings. The molecular weight excluding hydrogens is 289 g/mol. The van der Waals surface area contributed by atoms with E-state index in [1.807, 2.05) is 20.8 Å². The molecule has 1 atom stereocenters. The number of likely N-dealkylation sites (tertiary alicyclic amines) is 1. The van der Waals surface area contributed by atoms with E-state index < -0.39 is 36.6 Å². The molecule has 0 aromatic heterocycles. The van der Waals surface area contributed by atoms with Crippen LogP contribution in [0.25, 0.3) is 0 Å². The number of hydrogen-bond donors (Lipinski definition) is 2. The summed E-state index contributed by atoms with van der Waals surface area (Å²) in [5.74, 6) is -1.93. The van der Waals surface area contributed by atoms with Crippen LogP contribution < -0.4 is 5.32 Å². The number of carboxylic acids is 1. The topological polar surface area (TPSA) is 69.6 Å². The van der Waals surface area contributed by atoms with E-state index in [2.05, 4.69) is 5.32 Å². The average Bonchev–Trinajstić information content (AvgIpc) is 2.72. The highest BCUT2D eigenvalue weighted by Gasteiger charge is 2.64. The highest BCUT2D eigenvalue weighted by Crippen LogP contribution is 2.45. The zero-order chi connectivity index (χ0) is 16.5. The highest BCUT2D eigenvalue weighted by atomic mass is 19.4. The van der Waals surface area contributed by atoms with Crippen molar-refractivity contribution in [1.29, 1.82) is 0 Å². The molecular formula is C13H21F3N2O3. The van der Waals surface area contributed by atoms with Crippen molar-refractivity contribution in [1.82, 2.24) is 10.2 Å². The number of carbonyl (C=O) groups is 2. The number of carboxylic acid groups (broad SMARTS) is 1. The van der Waals surface area contributed by atoms with Crippen LogP contribution in [0.4, 0.5) is 18.0 Å². The fourth-order valence-corrected chi connectivity index (χ4v) is 2.17. The lowest BCUT2D eigenvalue weighted by atomic mass is 9.86. The Morgan fingerprint density at radius 2 is 1.86 bits per heavy atom. The Hall–Kier alpha value is -1.47. The number of nitrogens with zero attached hydrogens (tertiary/aromatic N) is 1. The molecule has 0 aromatic rings. The summed E-state index contributed by atoms with van der Waals surface area (Å²) >= 11 is 0. The van der Waals surface area contributed by atoms with Gasteiger partial charge in [0.05, 0.1) is 0 Å². The van der Waals surface area contributed by atoms with Crippen molar-refractivity contribution in [3.63, 3.8) is 0 Å². The van der Waals surface area contributed by atoms with E-state index in [9.17, 15) is 22.8 Å². The predicted octanol–water partition coefficient (Wildman–Crippen LogP) is 2.47. The van der Waals surface area contributed by atoms with Crippen molar-refractivity contribution < 1.29 is 27.9 Å². The van der Waals surface area contributed by atoms with Gasteiger partial charge in [-0.05, 0) is 18.3 Å². The van der Waals surface area contributed by atoms with E-state index in [-0.39, 0.29) is 12.0 Å². The standard InChI is InChI=1S/C13H21F3N2O3/c1-11(2,3)4-6-17-10(21)18-7-5-12(8-18,9(19)20)13(14,15)16/h4-8H2,1-3H3,(H,17,21)(H,19,20). The van der Waals surface area contributed by atoms with E-state index in [4.69, 9.17) is 5.11 Å². The lowest BCUT2D eigenvalue weighted by Gasteiger charge is -2.27. The number of carbonyl (C=O) groups excluding carboxylic acids is 1. The molecule has 1 heterocycles. The summed E-state index contributed by atoms with van der Waals surface area (Å²) < 4.78 is 38.9. The normalized spacial score (nSPS) is 23.2. The minimum Gasteiger partial charge on any atom is -0.481 e. The largest absolute Gasteiger partial charge is 0.481 e. The lowest BCUT2D eigenvalue weighted by Crippen LogP contribution is -2.49. The van der Waals surface area contributed by atoms with Crippen LogP contribution in [0, 0.1) is 10.8 Å². The van der Waals surface area contributed by atoms with Crippen molar-refractivity contribution in [2.75, 3.05) is 19.6 Å². The Morgan fingerprint density at radius 3 is 2.24 bits per heavy atom. The Bertz CT molecular complexity index is 418. The van der Waals surface area contributed by atoms with Crippen LogP contribution in [0.15, 0.2) is 0 Å². The van der Waals surface area contributed by atoms with Crippen LogP contribution >= 0.6 is 0 Å². The molecule has 0 radical (unpaired) electrons. The maximum Gasteiger partial charge on any atom is 0.406 e. The fraction of sp³-hybridized carbons (Fsp3) is 0.846. The zero-order valence-corrected chi connectivity index (χ0v) is 12.4. The van der Waals surface area contributed by atoms with E-state index in [1.165, 1.54) is 0 Å². The van der Waals surface area contributed by atoms with E-state index >= 15 is 0 Å². The van der Waals surface area contributed by atoms with Crippen LogP contribution in [-0.2, 0) is 4.79 Å². The Kier molecular flexibility index (Phi) is 4.80. The average molecular weight is 310 g/mol. The van der Waals surface area contributed by atoms with Gasteiger partial charge in [-0.2, -0.15) is 13.2 Å². The van der Waals surface area contributed by atoms with E-state index in [0.717, 1.165) is 4.90 Å². The van der Waals surface area contributed by atoms with Crippen molar-refractivity contribution in [2.45, 2.75) is 39.8 Å². The highest BCUT2D eigenvalue weighted by molar-refractivity contribution is 5.80. The van der Waals surface area contributed by atoms with Gasteiger partial charge in [-0.15, -0.1) is 0 Å². The Labute approximate surface area is 121 Å². The number of amides is 2. The summed E-state index contributed by atoms with van der Waals surface area (Å²) in [5, 5.41) is 11.4. The SMILES string of the molecule is CC(C)(C)CCNC(=O)N1CCC(C(=O)O)(C(F)(F)F)C1. The third-order valence-corrected chi connectivity index (χ3v) is 3.66. The van der Waals surface area contributed by atoms with Crippen molar-refractivity contribution in [3.8, 4) is 0 Å². The number of halogens is 3. The minimum atomic E-state index is -4.88. The third kappa shape index (κ3) is 4.01. The first-order chi connectivity index (χ1) is 9.39. The second-order valence-corrected chi connectivity index (χ2v) is 6.60. The van der Waals surface area contributed by atoms with Gasteiger partial charge in [0.15, 0.2) is 5.41 Å². The number of alkyl halides is 3. The molecule has 0 aromatic carbocycles. The number of hydrogen-bond acceptors (Lipinski definition) is 2. The molecule has 0 saturated carbocycles. The van der Waals surface area contributed by atoms with Gasteiger partial charge in [-0.25, -0.2) is 4.79 Å². The summed E-state index contributed by atoms with van der Waals surface area (Å²) in [7, 11) is 0. The van der Waals surface area contributed by atoms with Gasteiger partial charge in [0.2, 0.25) is 0 Å².